The molecule has 1 aromatic heterocycles. The number of amidine groups is 1. The predicted octanol–water partition coefficient (Wildman–Crippen LogP) is 1.45. The Morgan fingerprint density at radius 1 is 1.53 bits per heavy atom. The fraction of sp³-hybridized carbons (Fsp3) is 0.667. The Kier molecular flexibility index (Phi) is 3.09. The third-order valence-corrected chi connectivity index (χ3v) is 3.83. The van der Waals surface area contributed by atoms with Gasteiger partial charge in [-0.3, -0.25) is 5.41 Å². The van der Waals surface area contributed by atoms with E-state index in [-0.39, 0.29) is 5.41 Å². The van der Waals surface area contributed by atoms with E-state index < -0.39 is 0 Å². The highest BCUT2D eigenvalue weighted by Gasteiger charge is 2.33. The number of nitrogens with two attached hydrogens (primary N) is 1. The minimum Gasteiger partial charge on any atom is -0.387 e. The number of hydrogen-bond donors (Lipinski definition) is 2. The molecule has 0 atom stereocenters. The van der Waals surface area contributed by atoms with Crippen LogP contribution in [0.4, 0.5) is 5.95 Å². The van der Waals surface area contributed by atoms with E-state index in [1.165, 1.54) is 0 Å². The van der Waals surface area contributed by atoms with Crippen LogP contribution in [0.15, 0.2) is 12.4 Å². The van der Waals surface area contributed by atoms with Gasteiger partial charge in [0.25, 0.3) is 0 Å². The Bertz CT molecular complexity index is 401. The van der Waals surface area contributed by atoms with Crippen LogP contribution in [0.3, 0.4) is 0 Å². The van der Waals surface area contributed by atoms with Gasteiger partial charge in [-0.15, -0.1) is 0 Å². The van der Waals surface area contributed by atoms with Crippen LogP contribution in [-0.4, -0.2) is 28.5 Å². The summed E-state index contributed by atoms with van der Waals surface area (Å²) in [6.07, 6.45) is 5.71. The van der Waals surface area contributed by atoms with Crippen molar-refractivity contribution in [3.63, 3.8) is 0 Å². The number of nitrogens with one attached hydrogen (secondary N) is 1. The van der Waals surface area contributed by atoms with E-state index in [0.717, 1.165) is 38.4 Å². The highest BCUT2D eigenvalue weighted by Crippen LogP contribution is 2.32. The average Bonchev–Trinajstić information content (AvgIpc) is 2.78. The van der Waals surface area contributed by atoms with Crippen LogP contribution in [-0.2, 0) is 6.54 Å². The van der Waals surface area contributed by atoms with Crippen molar-refractivity contribution in [2.45, 2.75) is 33.2 Å². The molecular weight excluding hydrogens is 214 g/mol. The van der Waals surface area contributed by atoms with Gasteiger partial charge in [-0.05, 0) is 19.8 Å². The van der Waals surface area contributed by atoms with E-state index in [4.69, 9.17) is 11.1 Å². The van der Waals surface area contributed by atoms with Crippen molar-refractivity contribution in [3.05, 3.63) is 12.4 Å². The number of nitrogens with zero attached hydrogens (tertiary/aromatic N) is 3. The highest BCUT2D eigenvalue weighted by atomic mass is 15.3. The molecule has 1 fully saturated rings. The van der Waals surface area contributed by atoms with Crippen LogP contribution in [0.25, 0.3) is 0 Å². The largest absolute Gasteiger partial charge is 0.387 e. The summed E-state index contributed by atoms with van der Waals surface area (Å²) in [5, 5.41) is 7.64. The molecule has 2 heterocycles. The molecule has 1 aliphatic rings. The van der Waals surface area contributed by atoms with Crippen LogP contribution in [0.2, 0.25) is 0 Å². The SMILES string of the molecule is CCn1ccnc1N1CCC(C)(C(=N)N)CC1. The fourth-order valence-corrected chi connectivity index (χ4v) is 2.30. The second-order valence-electron chi connectivity index (χ2n) is 4.97. The Morgan fingerprint density at radius 2 is 2.18 bits per heavy atom. The molecule has 17 heavy (non-hydrogen) atoms. The van der Waals surface area contributed by atoms with Gasteiger partial charge in [-0.2, -0.15) is 0 Å². The first-order valence-electron chi connectivity index (χ1n) is 6.17. The lowest BCUT2D eigenvalue weighted by Crippen LogP contribution is -2.45. The molecule has 0 unspecified atom stereocenters. The molecule has 1 aromatic rings. The molecular formula is C12H21N5. The Morgan fingerprint density at radius 3 is 2.71 bits per heavy atom. The van der Waals surface area contributed by atoms with E-state index in [1.54, 1.807) is 0 Å². The van der Waals surface area contributed by atoms with Gasteiger partial charge in [0.15, 0.2) is 0 Å². The molecule has 3 N–H and O–H groups in total. The summed E-state index contributed by atoms with van der Waals surface area (Å²) in [4.78, 5) is 6.69. The quantitative estimate of drug-likeness (QED) is 0.615. The first kappa shape index (κ1) is 12.0. The van der Waals surface area contributed by atoms with Crippen molar-refractivity contribution in [1.29, 1.82) is 5.41 Å². The van der Waals surface area contributed by atoms with Gasteiger partial charge in [0.05, 0.1) is 5.84 Å². The molecule has 0 bridgehead atoms. The molecule has 0 aromatic carbocycles. The second-order valence-corrected chi connectivity index (χ2v) is 4.97. The maximum atomic E-state index is 7.64. The van der Waals surface area contributed by atoms with Crippen LogP contribution in [0.5, 0.6) is 0 Å². The lowest BCUT2D eigenvalue weighted by atomic mass is 9.79. The summed E-state index contributed by atoms with van der Waals surface area (Å²) < 4.78 is 2.15. The normalized spacial score (nSPS) is 19.3. The van der Waals surface area contributed by atoms with Crippen LogP contribution < -0.4 is 10.6 Å². The summed E-state index contributed by atoms with van der Waals surface area (Å²) in [5.41, 5.74) is 5.54. The standard InChI is InChI=1S/C12H21N5/c1-3-16-9-6-15-11(16)17-7-4-12(2,5-8-17)10(13)14/h6,9H,3-5,7-8H2,1-2H3,(H3,13,14). The van der Waals surface area contributed by atoms with Crippen molar-refractivity contribution in [2.24, 2.45) is 11.1 Å². The van der Waals surface area contributed by atoms with Gasteiger partial charge in [-0.25, -0.2) is 4.98 Å². The molecule has 5 nitrogen and oxygen atoms in total. The summed E-state index contributed by atoms with van der Waals surface area (Å²) in [7, 11) is 0. The molecule has 5 heteroatoms. The lowest BCUT2D eigenvalue weighted by Gasteiger charge is -2.39. The van der Waals surface area contributed by atoms with Crippen molar-refractivity contribution in [3.8, 4) is 0 Å². The van der Waals surface area contributed by atoms with Gasteiger partial charge in [0.1, 0.15) is 0 Å². The van der Waals surface area contributed by atoms with Gasteiger partial charge in [0.2, 0.25) is 5.95 Å². The molecule has 94 valence electrons. The number of hydrogen-bond acceptors (Lipinski definition) is 3. The molecule has 0 spiro atoms. The predicted molar refractivity (Wildman–Crippen MR) is 69.4 cm³/mol. The number of imidazole rings is 1. The summed E-state index contributed by atoms with van der Waals surface area (Å²) in [5.74, 6) is 1.36. The summed E-state index contributed by atoms with van der Waals surface area (Å²) in [6.45, 7) is 6.99. The van der Waals surface area contributed by atoms with E-state index in [2.05, 4.69) is 28.3 Å². The van der Waals surface area contributed by atoms with Crippen molar-refractivity contribution >= 4 is 11.8 Å². The molecule has 0 saturated carbocycles. The van der Waals surface area contributed by atoms with Gasteiger partial charge < -0.3 is 15.2 Å². The molecule has 0 radical (unpaired) electrons. The highest BCUT2D eigenvalue weighted by molar-refractivity contribution is 5.83. The number of anilines is 1. The molecule has 1 aliphatic heterocycles. The third-order valence-electron chi connectivity index (χ3n) is 3.83. The minimum atomic E-state index is -0.125. The third kappa shape index (κ3) is 2.14. The second kappa shape index (κ2) is 4.39. The minimum absolute atomic E-state index is 0.125. The zero-order valence-electron chi connectivity index (χ0n) is 10.6. The van der Waals surface area contributed by atoms with E-state index in [0.29, 0.717) is 5.84 Å². The number of aryl methyl sites for hydroxylation is 1. The fourth-order valence-electron chi connectivity index (χ4n) is 2.30. The van der Waals surface area contributed by atoms with E-state index in [9.17, 15) is 0 Å². The summed E-state index contributed by atoms with van der Waals surface area (Å²) >= 11 is 0. The van der Waals surface area contributed by atoms with Crippen LogP contribution >= 0.6 is 0 Å². The lowest BCUT2D eigenvalue weighted by molar-refractivity contribution is 0.347. The Balaban J connectivity index is 2.07. The van der Waals surface area contributed by atoms with Crippen molar-refractivity contribution in [1.82, 2.24) is 9.55 Å². The van der Waals surface area contributed by atoms with Gasteiger partial charge in [0, 0.05) is 37.4 Å². The molecule has 0 amide bonds. The smallest absolute Gasteiger partial charge is 0.205 e. The number of piperidine rings is 1. The van der Waals surface area contributed by atoms with E-state index in [1.807, 2.05) is 12.4 Å². The van der Waals surface area contributed by atoms with Crippen molar-refractivity contribution in [2.75, 3.05) is 18.0 Å². The number of aromatic nitrogens is 2. The first-order chi connectivity index (χ1) is 8.07. The molecule has 1 saturated heterocycles. The Labute approximate surface area is 102 Å². The topological polar surface area (TPSA) is 70.9 Å². The van der Waals surface area contributed by atoms with Crippen molar-refractivity contribution < 1.29 is 0 Å². The molecule has 2 rings (SSSR count). The number of rotatable bonds is 3. The first-order valence-corrected chi connectivity index (χ1v) is 6.17. The summed E-state index contributed by atoms with van der Waals surface area (Å²) in [6, 6.07) is 0. The zero-order valence-corrected chi connectivity index (χ0v) is 10.6. The van der Waals surface area contributed by atoms with Crippen LogP contribution in [0, 0.1) is 10.8 Å². The van der Waals surface area contributed by atoms with Crippen LogP contribution in [0.1, 0.15) is 26.7 Å². The molecule has 0 aliphatic carbocycles. The Hall–Kier alpha value is -1.52. The van der Waals surface area contributed by atoms with E-state index >= 15 is 0 Å². The van der Waals surface area contributed by atoms with Gasteiger partial charge in [-0.1, -0.05) is 6.92 Å². The maximum Gasteiger partial charge on any atom is 0.205 e. The average molecular weight is 235 g/mol. The maximum absolute atomic E-state index is 7.64. The van der Waals surface area contributed by atoms with Gasteiger partial charge >= 0.3 is 0 Å². The monoisotopic (exact) mass is 235 g/mol. The zero-order chi connectivity index (χ0) is 12.5.